The van der Waals surface area contributed by atoms with Crippen LogP contribution in [0, 0.1) is 23.5 Å². The average Bonchev–Trinajstić information content (AvgIpc) is 3.70. The summed E-state index contributed by atoms with van der Waals surface area (Å²) in [6.45, 7) is -0.170. The highest BCUT2D eigenvalue weighted by Gasteiger charge is 2.39. The quantitative estimate of drug-likeness (QED) is 0.194. The van der Waals surface area contributed by atoms with E-state index in [4.69, 9.17) is 4.98 Å². The second-order valence-electron chi connectivity index (χ2n) is 12.6. The Balaban J connectivity index is 1.42. The lowest BCUT2D eigenvalue weighted by atomic mass is 9.78. The number of halogens is 8. The van der Waals surface area contributed by atoms with Gasteiger partial charge < -0.3 is 14.9 Å². The molecule has 2 fully saturated rings. The Kier molecular flexibility index (Phi) is 9.13. The SMILES string of the molecule is Cn1nnc(N(Cc2cc(C(F)(F)F)cc(C(F)(F)F)c2)Cc2cc3cc(F)c(F)cc3nc2N2CCC[C@@H]2[C@H]2CC[C@H](C(=O)O)CC2)n1. The molecule has 1 saturated carbocycles. The lowest BCUT2D eigenvalue weighted by molar-refractivity contribution is -0.144. The number of nitrogens with zero attached hydrogens (tertiary/aromatic N) is 7. The third-order valence-electron chi connectivity index (χ3n) is 9.31. The number of pyridine rings is 1. The number of anilines is 2. The number of aromatic nitrogens is 5. The minimum Gasteiger partial charge on any atom is -0.481 e. The fourth-order valence-corrected chi connectivity index (χ4v) is 7.00. The fourth-order valence-electron chi connectivity index (χ4n) is 7.00. The summed E-state index contributed by atoms with van der Waals surface area (Å²) >= 11 is 0. The first-order valence-corrected chi connectivity index (χ1v) is 15.6. The predicted octanol–water partition coefficient (Wildman–Crippen LogP) is 7.14. The molecule has 2 aromatic carbocycles. The van der Waals surface area contributed by atoms with Gasteiger partial charge in [0.15, 0.2) is 11.6 Å². The molecule has 0 unspecified atom stereocenters. The fraction of sp³-hybridized carbons (Fsp3) is 0.469. The lowest BCUT2D eigenvalue weighted by Crippen LogP contribution is -2.39. The van der Waals surface area contributed by atoms with Crippen molar-refractivity contribution in [3.05, 3.63) is 70.3 Å². The normalized spacial score (nSPS) is 20.3. The molecule has 0 radical (unpaired) electrons. The van der Waals surface area contributed by atoms with E-state index in [9.17, 15) is 45.0 Å². The Bertz CT molecular complexity index is 1820. The van der Waals surface area contributed by atoms with E-state index in [2.05, 4.69) is 15.4 Å². The van der Waals surface area contributed by atoms with Crippen LogP contribution in [-0.2, 0) is 37.3 Å². The van der Waals surface area contributed by atoms with Crippen LogP contribution < -0.4 is 9.80 Å². The van der Waals surface area contributed by atoms with Gasteiger partial charge in [-0.25, -0.2) is 13.8 Å². The van der Waals surface area contributed by atoms with Crippen LogP contribution in [0.15, 0.2) is 36.4 Å². The summed E-state index contributed by atoms with van der Waals surface area (Å²) in [5.74, 6) is -3.10. The number of alkyl halides is 6. The summed E-state index contributed by atoms with van der Waals surface area (Å²) in [7, 11) is 1.44. The molecule has 49 heavy (non-hydrogen) atoms. The summed E-state index contributed by atoms with van der Waals surface area (Å²) in [5, 5.41) is 21.6. The Morgan fingerprint density at radius 2 is 1.55 bits per heavy atom. The molecule has 3 heterocycles. The van der Waals surface area contributed by atoms with Crippen molar-refractivity contribution in [3.63, 3.8) is 0 Å². The molecule has 17 heteroatoms. The zero-order valence-electron chi connectivity index (χ0n) is 26.1. The van der Waals surface area contributed by atoms with Crippen LogP contribution in [0.25, 0.3) is 10.9 Å². The zero-order chi connectivity index (χ0) is 35.2. The van der Waals surface area contributed by atoms with E-state index in [1.54, 1.807) is 6.07 Å². The van der Waals surface area contributed by atoms with Crippen molar-refractivity contribution in [1.82, 2.24) is 25.2 Å². The summed E-state index contributed by atoms with van der Waals surface area (Å²) < 4.78 is 111. The number of hydrogen-bond acceptors (Lipinski definition) is 7. The number of benzene rings is 2. The number of aliphatic carboxylic acids is 1. The molecule has 1 saturated heterocycles. The van der Waals surface area contributed by atoms with Gasteiger partial charge in [-0.2, -0.15) is 31.1 Å². The summed E-state index contributed by atoms with van der Waals surface area (Å²) in [4.78, 5) is 20.8. The van der Waals surface area contributed by atoms with Gasteiger partial charge in [-0.1, -0.05) is 5.10 Å². The molecule has 2 aromatic heterocycles. The van der Waals surface area contributed by atoms with Crippen molar-refractivity contribution in [3.8, 4) is 0 Å². The smallest absolute Gasteiger partial charge is 0.416 e. The van der Waals surface area contributed by atoms with Crippen molar-refractivity contribution in [1.29, 1.82) is 0 Å². The Labute approximate surface area is 274 Å². The first-order chi connectivity index (χ1) is 23.1. The van der Waals surface area contributed by atoms with Gasteiger partial charge in [0.05, 0.1) is 29.6 Å². The number of carboxylic acids is 1. The number of carbonyl (C=O) groups is 1. The van der Waals surface area contributed by atoms with Gasteiger partial charge in [-0.15, -0.1) is 5.10 Å². The molecule has 1 aliphatic carbocycles. The summed E-state index contributed by atoms with van der Waals surface area (Å²) in [6.07, 6.45) is -6.25. The van der Waals surface area contributed by atoms with E-state index in [-0.39, 0.29) is 47.0 Å². The number of rotatable bonds is 8. The van der Waals surface area contributed by atoms with E-state index in [0.29, 0.717) is 55.7 Å². The molecule has 262 valence electrons. The molecule has 2 aliphatic rings. The van der Waals surface area contributed by atoms with Crippen LogP contribution in [0.5, 0.6) is 0 Å². The van der Waals surface area contributed by atoms with Crippen molar-refractivity contribution in [2.75, 3.05) is 16.3 Å². The molecule has 0 amide bonds. The lowest BCUT2D eigenvalue weighted by Gasteiger charge is -2.37. The third-order valence-corrected chi connectivity index (χ3v) is 9.31. The van der Waals surface area contributed by atoms with Gasteiger partial charge in [-0.05, 0) is 85.6 Å². The highest BCUT2D eigenvalue weighted by Crippen LogP contribution is 2.41. The minimum atomic E-state index is -5.06. The van der Waals surface area contributed by atoms with Crippen molar-refractivity contribution >= 4 is 28.6 Å². The number of carboxylic acid groups (broad SMARTS) is 1. The molecule has 1 N–H and O–H groups in total. The number of aryl methyl sites for hydroxylation is 1. The molecule has 9 nitrogen and oxygen atoms in total. The molecular weight excluding hydrogens is 666 g/mol. The zero-order valence-corrected chi connectivity index (χ0v) is 26.1. The predicted molar refractivity (Wildman–Crippen MR) is 160 cm³/mol. The van der Waals surface area contributed by atoms with Crippen LogP contribution >= 0.6 is 0 Å². The first-order valence-electron chi connectivity index (χ1n) is 15.6. The van der Waals surface area contributed by atoms with E-state index in [0.717, 1.165) is 29.8 Å². The van der Waals surface area contributed by atoms with Gasteiger partial charge in [0.1, 0.15) is 5.82 Å². The van der Waals surface area contributed by atoms with Crippen molar-refractivity contribution in [2.45, 2.75) is 70.0 Å². The molecule has 0 bridgehead atoms. The number of fused-ring (bicyclic) bond motifs is 1. The number of tetrazole rings is 1. The molecule has 1 aliphatic heterocycles. The van der Waals surface area contributed by atoms with Gasteiger partial charge >= 0.3 is 18.3 Å². The van der Waals surface area contributed by atoms with Crippen molar-refractivity contribution in [2.24, 2.45) is 18.9 Å². The van der Waals surface area contributed by atoms with Gasteiger partial charge in [0, 0.05) is 42.7 Å². The maximum atomic E-state index is 14.4. The monoisotopic (exact) mass is 697 g/mol. The Morgan fingerprint density at radius 1 is 0.898 bits per heavy atom. The molecule has 0 spiro atoms. The van der Waals surface area contributed by atoms with Gasteiger partial charge in [0.25, 0.3) is 5.95 Å². The van der Waals surface area contributed by atoms with Gasteiger partial charge in [-0.3, -0.25) is 4.79 Å². The van der Waals surface area contributed by atoms with Crippen molar-refractivity contribution < 1.29 is 45.0 Å². The van der Waals surface area contributed by atoms with Crippen LogP contribution in [0.4, 0.5) is 46.9 Å². The highest BCUT2D eigenvalue weighted by atomic mass is 19.4. The number of hydrogen-bond donors (Lipinski definition) is 1. The summed E-state index contributed by atoms with van der Waals surface area (Å²) in [5.41, 5.74) is -2.72. The Hall–Kier alpha value is -4.57. The highest BCUT2D eigenvalue weighted by molar-refractivity contribution is 5.82. The second-order valence-corrected chi connectivity index (χ2v) is 12.6. The van der Waals surface area contributed by atoms with E-state index >= 15 is 0 Å². The van der Waals surface area contributed by atoms with E-state index in [1.165, 1.54) is 11.9 Å². The largest absolute Gasteiger partial charge is 0.481 e. The average molecular weight is 698 g/mol. The van der Waals surface area contributed by atoms with Crippen LogP contribution in [0.3, 0.4) is 0 Å². The van der Waals surface area contributed by atoms with Crippen LogP contribution in [-0.4, -0.2) is 48.9 Å². The molecule has 1 atom stereocenters. The maximum Gasteiger partial charge on any atom is 0.416 e. The third kappa shape index (κ3) is 7.39. The second kappa shape index (κ2) is 13.0. The molecular formula is C32H31F8N7O2. The summed E-state index contributed by atoms with van der Waals surface area (Å²) in [6, 6.07) is 4.72. The maximum absolute atomic E-state index is 14.4. The van der Waals surface area contributed by atoms with E-state index < -0.39 is 53.5 Å². The standard InChI is InChI=1S/C32H31F8N7O2/c1-45-43-30(42-44-45)46(15-17-9-22(31(35,36)37)13-23(10-17)32(38,39)40)16-21-11-20-12-24(33)25(34)14-26(20)41-28(21)47-8-2-3-27(47)18-4-6-19(7-5-18)29(48)49/h9-14,18-19,27H,2-8,15-16H2,1H3,(H,48,49)/t18-,19-,27-/m1/s1. The van der Waals surface area contributed by atoms with Crippen LogP contribution in [0.2, 0.25) is 0 Å². The minimum absolute atomic E-state index is 0.0465. The Morgan fingerprint density at radius 3 is 2.14 bits per heavy atom. The van der Waals surface area contributed by atoms with Crippen LogP contribution in [0.1, 0.15) is 60.8 Å². The topological polar surface area (TPSA) is 100 Å². The molecule has 6 rings (SSSR count). The first kappa shape index (κ1) is 34.3. The van der Waals surface area contributed by atoms with E-state index in [1.807, 2.05) is 4.90 Å². The molecule has 4 aromatic rings. The van der Waals surface area contributed by atoms with Gasteiger partial charge in [0.2, 0.25) is 0 Å².